The Morgan fingerprint density at radius 1 is 0.759 bits per heavy atom. The van der Waals surface area contributed by atoms with Crippen LogP contribution in [0.25, 0.3) is 22.3 Å². The first-order valence-electron chi connectivity index (χ1n) is 28.4. The lowest BCUT2D eigenvalue weighted by Crippen LogP contribution is -2.38. The number of nitriles is 1. The molecule has 0 spiro atoms. The van der Waals surface area contributed by atoms with Gasteiger partial charge in [-0.15, -0.1) is 0 Å². The van der Waals surface area contributed by atoms with Crippen LogP contribution in [0.3, 0.4) is 0 Å². The minimum Gasteiger partial charge on any atom is -0.497 e. The van der Waals surface area contributed by atoms with Gasteiger partial charge in [0.15, 0.2) is 22.3 Å². The number of rotatable bonds is 27. The highest BCUT2D eigenvalue weighted by molar-refractivity contribution is 8.07. The summed E-state index contributed by atoms with van der Waals surface area (Å²) in [6, 6.07) is 26.6. The van der Waals surface area contributed by atoms with E-state index in [0.29, 0.717) is 11.5 Å². The van der Waals surface area contributed by atoms with E-state index >= 15 is 0 Å². The molecule has 6 heterocycles. The van der Waals surface area contributed by atoms with Crippen molar-refractivity contribution in [1.29, 1.82) is 5.26 Å². The van der Waals surface area contributed by atoms with E-state index in [-0.39, 0.29) is 90.6 Å². The Kier molecular flexibility index (Phi) is 20.8. The van der Waals surface area contributed by atoms with Gasteiger partial charge in [0.25, 0.3) is 19.6 Å². The standard InChI is InChI=1S/C58H72N12O14P2S/c1-33(2)52(71)64-56-62-50-48(54(73)66-56)60-31-68(50)46-27-42(83-85(79-26-14-25-59)70(35(5)6)36(7)8)45(82-46)30-80-86(75,87)84-43-28-47(69-32-61-49-51(69)63-57(67-55(49)74)65-53(72)34(3)4)81-44(43)29-78-58(37-15-12-11-13-16-37,38-17-21-40(76-9)22-18-38)39-19-23-41(77-10)24-20-39/h11-13,15-24,31-36,42-47H,14,26-30H2,1-10H3,(H,75,87)(H2,62,64,66,71,73)(H2,63,65,67,72,74)/t42-,43-,44+,45+,46+,47+,85?,86?/m0/s1. The predicted octanol–water partition coefficient (Wildman–Crippen LogP) is 8.32. The second-order valence-electron chi connectivity index (χ2n) is 21.9. The maximum absolute atomic E-state index is 13.5. The molecule has 8 atom stereocenters. The summed E-state index contributed by atoms with van der Waals surface area (Å²) in [7, 11) is 1.30. The summed E-state index contributed by atoms with van der Waals surface area (Å²) in [6.07, 6.45) is -2.88. The van der Waals surface area contributed by atoms with Crippen LogP contribution in [0.15, 0.2) is 101 Å². The number of methoxy groups -OCH3 is 2. The van der Waals surface area contributed by atoms with Gasteiger partial charge in [-0.05, 0) is 80.5 Å². The molecule has 3 aromatic carbocycles. The molecule has 7 aromatic rings. The lowest BCUT2D eigenvalue weighted by atomic mass is 9.80. The van der Waals surface area contributed by atoms with E-state index in [1.807, 2.05) is 107 Å². The number of H-pyrrole nitrogens is 2. The van der Waals surface area contributed by atoms with Crippen molar-refractivity contribution < 1.29 is 56.3 Å². The third-order valence-corrected chi connectivity index (χ3v) is 18.3. The zero-order valence-corrected chi connectivity index (χ0v) is 52.4. The Morgan fingerprint density at radius 2 is 1.23 bits per heavy atom. The average molecular weight is 1260 g/mol. The quantitative estimate of drug-likeness (QED) is 0.0183. The molecular formula is C58H72N12O14P2S. The number of ether oxygens (including phenoxy) is 5. The van der Waals surface area contributed by atoms with E-state index in [9.17, 15) is 29.3 Å². The number of amides is 2. The van der Waals surface area contributed by atoms with Gasteiger partial charge in [0.1, 0.15) is 41.8 Å². The Balaban J connectivity index is 1.07. The van der Waals surface area contributed by atoms with Gasteiger partial charge >= 0.3 is 6.72 Å². The summed E-state index contributed by atoms with van der Waals surface area (Å²) in [5, 5.41) is 14.8. The Labute approximate surface area is 508 Å². The first-order valence-corrected chi connectivity index (χ1v) is 32.1. The minimum atomic E-state index is -4.37. The zero-order chi connectivity index (χ0) is 62.3. The molecule has 2 aliphatic heterocycles. The number of aromatic amines is 2. The van der Waals surface area contributed by atoms with Crippen LogP contribution < -0.4 is 31.2 Å². The second kappa shape index (κ2) is 28.1. The highest BCUT2D eigenvalue weighted by Gasteiger charge is 2.47. The molecule has 2 saturated heterocycles. The number of aromatic nitrogens is 8. The van der Waals surface area contributed by atoms with Crippen molar-refractivity contribution in [1.82, 2.24) is 43.7 Å². The number of carbonyl (C=O) groups is 2. The average Bonchev–Trinajstić information content (AvgIpc) is 2.03. The first-order chi connectivity index (χ1) is 41.6. The summed E-state index contributed by atoms with van der Waals surface area (Å²) >= 11 is 5.91. The lowest BCUT2D eigenvalue weighted by molar-refractivity contribution is -0.119. The number of fused-ring (bicyclic) bond motifs is 2. The molecule has 2 amide bonds. The Morgan fingerprint density at radius 3 is 1.69 bits per heavy atom. The summed E-state index contributed by atoms with van der Waals surface area (Å²) in [6.45, 7) is 9.92. The molecule has 26 nitrogen and oxygen atoms in total. The van der Waals surface area contributed by atoms with Crippen LogP contribution in [0.2, 0.25) is 0 Å². The zero-order valence-electron chi connectivity index (χ0n) is 49.8. The number of nitrogens with one attached hydrogen (secondary N) is 4. The van der Waals surface area contributed by atoms with Gasteiger partial charge < -0.3 is 46.7 Å². The van der Waals surface area contributed by atoms with Crippen LogP contribution in [0.5, 0.6) is 11.5 Å². The van der Waals surface area contributed by atoms with Crippen LogP contribution in [0.4, 0.5) is 11.9 Å². The number of benzene rings is 3. The van der Waals surface area contributed by atoms with E-state index in [1.165, 1.54) is 17.2 Å². The third kappa shape index (κ3) is 14.7. The van der Waals surface area contributed by atoms with Crippen molar-refractivity contribution >= 4 is 73.1 Å². The normalized spacial score (nSPS) is 20.0. The van der Waals surface area contributed by atoms with Crippen LogP contribution in [-0.2, 0) is 59.3 Å². The second-order valence-corrected chi connectivity index (χ2v) is 26.1. The Bertz CT molecular complexity index is 3670. The highest BCUT2D eigenvalue weighted by Crippen LogP contribution is 2.53. The predicted molar refractivity (Wildman–Crippen MR) is 326 cm³/mol. The summed E-state index contributed by atoms with van der Waals surface area (Å²) in [5.41, 5.74) is -0.187. The molecule has 2 fully saturated rings. The van der Waals surface area contributed by atoms with Gasteiger partial charge in [-0.3, -0.25) is 48.9 Å². The number of carbonyl (C=O) groups excluding carboxylic acids is 2. The maximum Gasteiger partial charge on any atom is 0.324 e. The first kappa shape index (κ1) is 64.6. The fourth-order valence-electron chi connectivity index (χ4n) is 10.2. The molecule has 0 aliphatic carbocycles. The van der Waals surface area contributed by atoms with Gasteiger partial charge in [0.05, 0.1) is 71.4 Å². The largest absolute Gasteiger partial charge is 0.497 e. The molecule has 2 aliphatic rings. The third-order valence-electron chi connectivity index (χ3n) is 14.6. The summed E-state index contributed by atoms with van der Waals surface area (Å²) in [4.78, 5) is 87.9. The minimum absolute atomic E-state index is 0.0142. The van der Waals surface area contributed by atoms with E-state index in [2.05, 4.69) is 51.3 Å². The monoisotopic (exact) mass is 1250 g/mol. The van der Waals surface area contributed by atoms with Crippen molar-refractivity contribution in [3.8, 4) is 17.6 Å². The van der Waals surface area contributed by atoms with Crippen molar-refractivity contribution in [2.24, 2.45) is 11.8 Å². The molecular weight excluding hydrogens is 1180 g/mol. The maximum atomic E-state index is 13.5. The molecule has 2 unspecified atom stereocenters. The number of hydrogen-bond acceptors (Lipinski definition) is 20. The molecule has 0 bridgehead atoms. The number of nitrogens with zero attached hydrogens (tertiary/aromatic N) is 8. The number of hydrogen-bond donors (Lipinski definition) is 5. The number of anilines is 2. The summed E-state index contributed by atoms with van der Waals surface area (Å²) < 4.78 is 63.4. The van der Waals surface area contributed by atoms with Gasteiger partial charge in [-0.1, -0.05) is 82.3 Å². The Hall–Kier alpha value is -6.89. The SMILES string of the molecule is COc1ccc(C(OC[C@H]2O[C@@H](n3cnc4c(=O)[nH]c(NC(=O)C(C)C)nc43)C[C@@H]2OP(O)(=S)OC[C@H]2O[C@@H](n3cnc4c(=O)[nH]c(NC(=O)C(C)C)nc43)C[C@@H]2OP(OCCC#N)N(C(C)C)C(C)C)(c2ccccc2)c2ccc(OC)cc2)cc1. The topological polar surface area (TPSA) is 316 Å². The number of imidazole rings is 2. The fourth-order valence-corrected chi connectivity index (χ4v) is 13.5. The van der Waals surface area contributed by atoms with Crippen molar-refractivity contribution in [3.63, 3.8) is 0 Å². The molecule has 0 radical (unpaired) electrons. The van der Waals surface area contributed by atoms with E-state index in [4.69, 9.17) is 53.6 Å². The van der Waals surface area contributed by atoms with Crippen LogP contribution in [0, 0.1) is 23.2 Å². The molecule has 5 N–H and O–H groups in total. The molecule has 9 rings (SSSR count). The smallest absolute Gasteiger partial charge is 0.324 e. The van der Waals surface area contributed by atoms with Gasteiger partial charge in [0, 0.05) is 36.8 Å². The van der Waals surface area contributed by atoms with Gasteiger partial charge in [-0.2, -0.15) is 15.2 Å². The molecule has 464 valence electrons. The van der Waals surface area contributed by atoms with Gasteiger partial charge in [0.2, 0.25) is 23.7 Å². The fraction of sp³-hybridized carbons (Fsp3) is 0.466. The van der Waals surface area contributed by atoms with Crippen molar-refractivity contribution in [2.75, 3.05) is 44.7 Å². The van der Waals surface area contributed by atoms with E-state index < -0.39 is 87.3 Å². The molecule has 29 heteroatoms. The molecule has 87 heavy (non-hydrogen) atoms. The van der Waals surface area contributed by atoms with Crippen LogP contribution >= 0.6 is 15.2 Å². The van der Waals surface area contributed by atoms with Crippen LogP contribution in [0.1, 0.15) is 104 Å². The van der Waals surface area contributed by atoms with E-state index in [1.54, 1.807) is 46.5 Å². The van der Waals surface area contributed by atoms with E-state index in [0.717, 1.165) is 16.7 Å². The van der Waals surface area contributed by atoms with Crippen LogP contribution in [-0.4, -0.2) is 131 Å². The molecule has 4 aromatic heterocycles. The highest BCUT2D eigenvalue weighted by atomic mass is 32.5. The van der Waals surface area contributed by atoms with Crippen molar-refractivity contribution in [2.45, 2.75) is 129 Å². The summed E-state index contributed by atoms with van der Waals surface area (Å²) in [5.74, 6) is -0.545. The van der Waals surface area contributed by atoms with Gasteiger partial charge in [-0.25, -0.2) is 14.6 Å². The molecule has 0 saturated carbocycles. The van der Waals surface area contributed by atoms with Crippen molar-refractivity contribution in [3.05, 3.63) is 129 Å². The lowest BCUT2D eigenvalue weighted by Gasteiger charge is -2.37.